The fourth-order valence-corrected chi connectivity index (χ4v) is 2.79. The first-order chi connectivity index (χ1) is 9.31. The van der Waals surface area contributed by atoms with Gasteiger partial charge in [-0.1, -0.05) is 0 Å². The molecule has 1 aliphatic rings. The molecule has 2 aromatic heterocycles. The van der Waals surface area contributed by atoms with E-state index in [1.165, 1.54) is 24.1 Å². The largest absolute Gasteiger partial charge is 0.298 e. The molecule has 5 heteroatoms. The van der Waals surface area contributed by atoms with Gasteiger partial charge in [-0.05, 0) is 25.5 Å². The zero-order chi connectivity index (χ0) is 13.1. The third-order valence-electron chi connectivity index (χ3n) is 3.69. The lowest BCUT2D eigenvalue weighted by molar-refractivity contribution is 0.198. The molecule has 0 aliphatic carbocycles. The van der Waals surface area contributed by atoms with Crippen molar-refractivity contribution >= 4 is 0 Å². The summed E-state index contributed by atoms with van der Waals surface area (Å²) >= 11 is 0. The molecule has 0 radical (unpaired) electrons. The van der Waals surface area contributed by atoms with Crippen LogP contribution in [0.1, 0.15) is 30.0 Å². The Morgan fingerprint density at radius 3 is 3.11 bits per heavy atom. The van der Waals surface area contributed by atoms with Gasteiger partial charge in [-0.25, -0.2) is 9.97 Å². The molecule has 1 atom stereocenters. The molecular formula is C14H19N5. The lowest BCUT2D eigenvalue weighted by atomic mass is 9.94. The van der Waals surface area contributed by atoms with Crippen molar-refractivity contribution in [3.63, 3.8) is 0 Å². The second-order valence-corrected chi connectivity index (χ2v) is 5.23. The van der Waals surface area contributed by atoms with E-state index in [0.29, 0.717) is 5.92 Å². The molecule has 0 spiro atoms. The summed E-state index contributed by atoms with van der Waals surface area (Å²) in [5, 5.41) is 4.23. The predicted octanol–water partition coefficient (Wildman–Crippen LogP) is 1.59. The fraction of sp³-hybridized carbons (Fsp3) is 0.500. The number of rotatable bonds is 3. The quantitative estimate of drug-likeness (QED) is 0.837. The summed E-state index contributed by atoms with van der Waals surface area (Å²) in [5.74, 6) is 0.536. The van der Waals surface area contributed by atoms with Gasteiger partial charge in [0, 0.05) is 49.7 Å². The van der Waals surface area contributed by atoms with E-state index in [1.807, 2.05) is 30.2 Å². The number of likely N-dealkylation sites (tertiary alicyclic amines) is 1. The highest BCUT2D eigenvalue weighted by Gasteiger charge is 2.22. The van der Waals surface area contributed by atoms with Crippen LogP contribution in [0.25, 0.3) is 0 Å². The molecule has 1 aliphatic heterocycles. The van der Waals surface area contributed by atoms with Crippen molar-refractivity contribution in [1.82, 2.24) is 24.6 Å². The van der Waals surface area contributed by atoms with Crippen molar-refractivity contribution in [3.05, 3.63) is 42.2 Å². The highest BCUT2D eigenvalue weighted by molar-refractivity contribution is 5.09. The Bertz CT molecular complexity index is 522. The summed E-state index contributed by atoms with van der Waals surface area (Å²) in [5.41, 5.74) is 2.46. The van der Waals surface area contributed by atoms with Crippen LogP contribution in [0, 0.1) is 0 Å². The van der Waals surface area contributed by atoms with Gasteiger partial charge in [0.05, 0.1) is 6.20 Å². The van der Waals surface area contributed by atoms with Gasteiger partial charge in [-0.2, -0.15) is 5.10 Å². The second kappa shape index (κ2) is 5.48. The van der Waals surface area contributed by atoms with Gasteiger partial charge in [0.15, 0.2) is 0 Å². The second-order valence-electron chi connectivity index (χ2n) is 5.23. The Morgan fingerprint density at radius 2 is 2.37 bits per heavy atom. The van der Waals surface area contributed by atoms with E-state index in [1.54, 1.807) is 6.33 Å². The average molecular weight is 257 g/mol. The summed E-state index contributed by atoms with van der Waals surface area (Å²) in [6.45, 7) is 3.22. The molecule has 3 rings (SSSR count). The number of nitrogens with zero attached hydrogens (tertiary/aromatic N) is 5. The normalized spacial score (nSPS) is 20.6. The van der Waals surface area contributed by atoms with Gasteiger partial charge in [-0.15, -0.1) is 0 Å². The zero-order valence-corrected chi connectivity index (χ0v) is 11.2. The van der Waals surface area contributed by atoms with Gasteiger partial charge < -0.3 is 0 Å². The standard InChI is InChI=1S/C14H19N5/c1-18-8-12(7-17-18)9-19-6-2-3-13(10-19)14-4-5-15-11-16-14/h4-5,7-8,11,13H,2-3,6,9-10H2,1H3/t13-/m1/s1. The summed E-state index contributed by atoms with van der Waals surface area (Å²) < 4.78 is 1.86. The van der Waals surface area contributed by atoms with Crippen LogP contribution < -0.4 is 0 Å². The van der Waals surface area contributed by atoms with Crippen LogP contribution in [0.15, 0.2) is 31.0 Å². The Hall–Kier alpha value is -1.75. The van der Waals surface area contributed by atoms with Gasteiger partial charge in [-0.3, -0.25) is 9.58 Å². The third-order valence-corrected chi connectivity index (χ3v) is 3.69. The Balaban J connectivity index is 1.65. The number of hydrogen-bond donors (Lipinski definition) is 0. The monoisotopic (exact) mass is 257 g/mol. The minimum atomic E-state index is 0.536. The lowest BCUT2D eigenvalue weighted by Gasteiger charge is -2.32. The van der Waals surface area contributed by atoms with Crippen molar-refractivity contribution in [2.45, 2.75) is 25.3 Å². The summed E-state index contributed by atoms with van der Waals surface area (Å²) in [4.78, 5) is 10.9. The first-order valence-corrected chi connectivity index (χ1v) is 6.77. The van der Waals surface area contributed by atoms with Crippen LogP contribution >= 0.6 is 0 Å². The van der Waals surface area contributed by atoms with E-state index in [2.05, 4.69) is 26.2 Å². The van der Waals surface area contributed by atoms with Gasteiger partial charge in [0.25, 0.3) is 0 Å². The highest BCUT2D eigenvalue weighted by Crippen LogP contribution is 2.25. The molecule has 1 saturated heterocycles. The van der Waals surface area contributed by atoms with Crippen molar-refractivity contribution in [1.29, 1.82) is 0 Å². The van der Waals surface area contributed by atoms with Crippen LogP contribution in [0.2, 0.25) is 0 Å². The van der Waals surface area contributed by atoms with Gasteiger partial charge >= 0.3 is 0 Å². The minimum absolute atomic E-state index is 0.536. The fourth-order valence-electron chi connectivity index (χ4n) is 2.79. The maximum Gasteiger partial charge on any atom is 0.115 e. The maximum absolute atomic E-state index is 4.39. The van der Waals surface area contributed by atoms with Crippen LogP contribution in [0.5, 0.6) is 0 Å². The predicted molar refractivity (Wildman–Crippen MR) is 72.5 cm³/mol. The smallest absolute Gasteiger partial charge is 0.115 e. The van der Waals surface area contributed by atoms with Crippen molar-refractivity contribution in [2.24, 2.45) is 7.05 Å². The molecule has 3 heterocycles. The topological polar surface area (TPSA) is 46.8 Å². The van der Waals surface area contributed by atoms with E-state index < -0.39 is 0 Å². The van der Waals surface area contributed by atoms with Crippen molar-refractivity contribution in [3.8, 4) is 0 Å². The first kappa shape index (κ1) is 12.3. The van der Waals surface area contributed by atoms with Gasteiger partial charge in [0.2, 0.25) is 0 Å². The van der Waals surface area contributed by atoms with Gasteiger partial charge in [0.1, 0.15) is 6.33 Å². The van der Waals surface area contributed by atoms with E-state index >= 15 is 0 Å². The molecule has 1 fully saturated rings. The first-order valence-electron chi connectivity index (χ1n) is 6.77. The lowest BCUT2D eigenvalue weighted by Crippen LogP contribution is -2.34. The number of aromatic nitrogens is 4. The maximum atomic E-state index is 4.39. The SMILES string of the molecule is Cn1cc(CN2CCC[C@@H](c3ccncn3)C2)cn1. The molecule has 0 saturated carbocycles. The molecule has 0 N–H and O–H groups in total. The molecule has 100 valence electrons. The number of piperidine rings is 1. The average Bonchev–Trinajstić information content (AvgIpc) is 2.85. The molecule has 0 aromatic carbocycles. The van der Waals surface area contributed by atoms with Crippen LogP contribution in [-0.4, -0.2) is 37.7 Å². The highest BCUT2D eigenvalue weighted by atomic mass is 15.2. The summed E-state index contributed by atoms with van der Waals surface area (Å²) in [6, 6.07) is 2.04. The van der Waals surface area contributed by atoms with Crippen LogP contribution in [0.3, 0.4) is 0 Å². The Kier molecular flexibility index (Phi) is 3.55. The van der Waals surface area contributed by atoms with E-state index in [9.17, 15) is 0 Å². The van der Waals surface area contributed by atoms with E-state index in [4.69, 9.17) is 0 Å². The number of hydrogen-bond acceptors (Lipinski definition) is 4. The molecular weight excluding hydrogens is 238 g/mol. The van der Waals surface area contributed by atoms with Crippen LogP contribution in [-0.2, 0) is 13.6 Å². The van der Waals surface area contributed by atoms with Crippen LogP contribution in [0.4, 0.5) is 0 Å². The Labute approximate surface area is 113 Å². The summed E-state index contributed by atoms with van der Waals surface area (Å²) in [6.07, 6.45) is 9.98. The third kappa shape index (κ3) is 2.98. The van der Waals surface area contributed by atoms with Crippen molar-refractivity contribution in [2.75, 3.05) is 13.1 Å². The minimum Gasteiger partial charge on any atom is -0.298 e. The zero-order valence-electron chi connectivity index (χ0n) is 11.2. The molecule has 5 nitrogen and oxygen atoms in total. The summed E-state index contributed by atoms with van der Waals surface area (Å²) in [7, 11) is 1.96. The molecule has 0 bridgehead atoms. The van der Waals surface area contributed by atoms with E-state index in [0.717, 1.165) is 19.6 Å². The van der Waals surface area contributed by atoms with Crippen molar-refractivity contribution < 1.29 is 0 Å². The molecule has 0 amide bonds. The molecule has 0 unspecified atom stereocenters. The van der Waals surface area contributed by atoms with E-state index in [-0.39, 0.29) is 0 Å². The molecule has 2 aromatic rings. The number of aryl methyl sites for hydroxylation is 1. The molecule has 19 heavy (non-hydrogen) atoms. The Morgan fingerprint density at radius 1 is 1.42 bits per heavy atom.